The Balaban J connectivity index is 4.16. The molecule has 0 aliphatic heterocycles. The van der Waals surface area contributed by atoms with Gasteiger partial charge in [0.05, 0.1) is 12.5 Å². The van der Waals surface area contributed by atoms with Crippen LogP contribution in [-0.4, -0.2) is 25.0 Å². The predicted molar refractivity (Wildman–Crippen MR) is 55.7 cm³/mol. The van der Waals surface area contributed by atoms with E-state index in [0.717, 1.165) is 6.42 Å². The maximum absolute atomic E-state index is 12.8. The summed E-state index contributed by atoms with van der Waals surface area (Å²) in [7, 11) is -3.27. The minimum atomic E-state index is -3.27. The molecule has 0 heterocycles. The Morgan fingerprint density at radius 1 is 1.43 bits per heavy atom. The lowest BCUT2D eigenvalue weighted by atomic mass is 10.5. The van der Waals surface area contributed by atoms with Crippen LogP contribution in [0.15, 0.2) is 0 Å². The molecule has 0 aromatic carbocycles. The third-order valence-electron chi connectivity index (χ3n) is 1.39. The standard InChI is InChI=1S/C8H17ClFO3P/c1-3-5-12-14(11,6-4-2)13-8(10)7-9/h8H,3-7H2,1-2H3. The summed E-state index contributed by atoms with van der Waals surface area (Å²) in [6.45, 7) is 4.02. The number of hydrogen-bond acceptors (Lipinski definition) is 3. The third-order valence-corrected chi connectivity index (χ3v) is 3.75. The first-order chi connectivity index (χ1) is 6.58. The van der Waals surface area contributed by atoms with Gasteiger partial charge in [-0.05, 0) is 12.8 Å². The maximum Gasteiger partial charge on any atom is 0.333 e. The molecule has 0 N–H and O–H groups in total. The SMILES string of the molecule is CCCOP(=O)(CCC)OC(F)CCl. The fourth-order valence-electron chi connectivity index (χ4n) is 0.854. The molecule has 0 radical (unpaired) electrons. The van der Waals surface area contributed by atoms with E-state index in [0.29, 0.717) is 13.0 Å². The summed E-state index contributed by atoms with van der Waals surface area (Å²) in [6.07, 6.45) is -0.152. The van der Waals surface area contributed by atoms with Crippen molar-refractivity contribution in [3.63, 3.8) is 0 Å². The molecule has 2 unspecified atom stereocenters. The predicted octanol–water partition coefficient (Wildman–Crippen LogP) is 3.57. The lowest BCUT2D eigenvalue weighted by Gasteiger charge is -2.18. The van der Waals surface area contributed by atoms with Crippen molar-refractivity contribution in [2.75, 3.05) is 18.6 Å². The lowest BCUT2D eigenvalue weighted by molar-refractivity contribution is 0.0647. The molecule has 14 heavy (non-hydrogen) atoms. The highest BCUT2D eigenvalue weighted by Crippen LogP contribution is 2.50. The summed E-state index contributed by atoms with van der Waals surface area (Å²) in [5.41, 5.74) is 0. The lowest BCUT2D eigenvalue weighted by Crippen LogP contribution is -2.10. The van der Waals surface area contributed by atoms with Crippen LogP contribution in [0.25, 0.3) is 0 Å². The molecule has 0 amide bonds. The molecule has 2 atom stereocenters. The molecule has 3 nitrogen and oxygen atoms in total. The smallest absolute Gasteiger partial charge is 0.309 e. The van der Waals surface area contributed by atoms with Gasteiger partial charge in [0.2, 0.25) is 6.36 Å². The second kappa shape index (κ2) is 7.63. The molecule has 0 fully saturated rings. The van der Waals surface area contributed by atoms with Crippen molar-refractivity contribution in [1.29, 1.82) is 0 Å². The summed E-state index contributed by atoms with van der Waals surface area (Å²) in [5.74, 6) is -0.330. The summed E-state index contributed by atoms with van der Waals surface area (Å²) in [5, 5.41) is 0. The van der Waals surface area contributed by atoms with E-state index in [-0.39, 0.29) is 12.0 Å². The van der Waals surface area contributed by atoms with Crippen molar-refractivity contribution < 1.29 is 18.0 Å². The van der Waals surface area contributed by atoms with Crippen molar-refractivity contribution in [3.8, 4) is 0 Å². The van der Waals surface area contributed by atoms with Crippen molar-refractivity contribution in [3.05, 3.63) is 0 Å². The van der Waals surface area contributed by atoms with E-state index in [1.807, 2.05) is 13.8 Å². The molecule has 0 aromatic heterocycles. The third kappa shape index (κ3) is 5.97. The zero-order valence-electron chi connectivity index (χ0n) is 8.54. The average molecular weight is 247 g/mol. The van der Waals surface area contributed by atoms with Crippen LogP contribution in [0, 0.1) is 0 Å². The number of alkyl halides is 2. The molecular formula is C8H17ClFO3P. The minimum absolute atomic E-state index is 0.226. The number of rotatable bonds is 8. The molecule has 0 aromatic rings. The largest absolute Gasteiger partial charge is 0.333 e. The molecule has 0 saturated heterocycles. The number of halogens is 2. The monoisotopic (exact) mass is 246 g/mol. The second-order valence-electron chi connectivity index (χ2n) is 2.84. The Labute approximate surface area is 89.5 Å². The average Bonchev–Trinajstić information content (AvgIpc) is 2.15. The van der Waals surface area contributed by atoms with E-state index in [9.17, 15) is 8.96 Å². The zero-order valence-corrected chi connectivity index (χ0v) is 10.2. The molecule has 6 heteroatoms. The normalized spacial score (nSPS) is 17.7. The van der Waals surface area contributed by atoms with Crippen LogP contribution in [0.3, 0.4) is 0 Å². The first-order valence-electron chi connectivity index (χ1n) is 4.70. The van der Waals surface area contributed by atoms with Crippen LogP contribution < -0.4 is 0 Å². The van der Waals surface area contributed by atoms with Crippen LogP contribution in [0.2, 0.25) is 0 Å². The van der Waals surface area contributed by atoms with E-state index in [1.165, 1.54) is 0 Å². The van der Waals surface area contributed by atoms with Crippen LogP contribution in [-0.2, 0) is 13.6 Å². The Morgan fingerprint density at radius 3 is 2.50 bits per heavy atom. The Morgan fingerprint density at radius 2 is 2.07 bits per heavy atom. The molecule has 0 spiro atoms. The van der Waals surface area contributed by atoms with Crippen molar-refractivity contribution in [2.24, 2.45) is 0 Å². The van der Waals surface area contributed by atoms with Crippen molar-refractivity contribution >= 4 is 19.2 Å². The van der Waals surface area contributed by atoms with E-state index in [1.54, 1.807) is 0 Å². The van der Waals surface area contributed by atoms with Crippen molar-refractivity contribution in [1.82, 2.24) is 0 Å². The van der Waals surface area contributed by atoms with Gasteiger partial charge in [-0.1, -0.05) is 13.8 Å². The van der Waals surface area contributed by atoms with Crippen LogP contribution in [0.1, 0.15) is 26.7 Å². The van der Waals surface area contributed by atoms with Gasteiger partial charge in [0.25, 0.3) is 0 Å². The molecule has 0 rings (SSSR count). The quantitative estimate of drug-likeness (QED) is 0.485. The minimum Gasteiger partial charge on any atom is -0.309 e. The van der Waals surface area contributed by atoms with E-state index in [2.05, 4.69) is 4.52 Å². The summed E-state index contributed by atoms with van der Waals surface area (Å²) >= 11 is 5.22. The van der Waals surface area contributed by atoms with Crippen LogP contribution in [0.4, 0.5) is 4.39 Å². The van der Waals surface area contributed by atoms with Gasteiger partial charge < -0.3 is 4.52 Å². The molecule has 0 aliphatic rings. The van der Waals surface area contributed by atoms with Gasteiger partial charge in [-0.3, -0.25) is 9.09 Å². The molecule has 0 bridgehead atoms. The summed E-state index contributed by atoms with van der Waals surface area (Å²) in [4.78, 5) is 0. The van der Waals surface area contributed by atoms with Gasteiger partial charge in [-0.15, -0.1) is 11.6 Å². The highest BCUT2D eigenvalue weighted by Gasteiger charge is 2.27. The Hall–Kier alpha value is 0.370. The van der Waals surface area contributed by atoms with E-state index in [4.69, 9.17) is 16.1 Å². The topological polar surface area (TPSA) is 35.5 Å². The van der Waals surface area contributed by atoms with Gasteiger partial charge in [0.1, 0.15) is 0 Å². The van der Waals surface area contributed by atoms with Crippen LogP contribution in [0.5, 0.6) is 0 Å². The van der Waals surface area contributed by atoms with Gasteiger partial charge in [0, 0.05) is 6.16 Å². The van der Waals surface area contributed by atoms with Gasteiger partial charge in [-0.2, -0.15) is 0 Å². The molecule has 86 valence electrons. The van der Waals surface area contributed by atoms with Gasteiger partial charge in [0.15, 0.2) is 0 Å². The molecular weight excluding hydrogens is 230 g/mol. The fourth-order valence-corrected chi connectivity index (χ4v) is 2.73. The summed E-state index contributed by atoms with van der Waals surface area (Å²) in [6, 6.07) is 0. The second-order valence-corrected chi connectivity index (χ2v) is 5.28. The highest BCUT2D eigenvalue weighted by atomic mass is 35.5. The first kappa shape index (κ1) is 14.4. The van der Waals surface area contributed by atoms with E-state index < -0.39 is 14.0 Å². The van der Waals surface area contributed by atoms with E-state index >= 15 is 0 Å². The number of hydrogen-bond donors (Lipinski definition) is 0. The Bertz CT molecular complexity index is 191. The highest BCUT2D eigenvalue weighted by molar-refractivity contribution is 7.53. The fraction of sp³-hybridized carbons (Fsp3) is 1.00. The van der Waals surface area contributed by atoms with Crippen LogP contribution >= 0.6 is 19.2 Å². The van der Waals surface area contributed by atoms with Gasteiger partial charge >= 0.3 is 7.60 Å². The van der Waals surface area contributed by atoms with Gasteiger partial charge in [-0.25, -0.2) is 4.39 Å². The zero-order chi connectivity index (χ0) is 11.0. The van der Waals surface area contributed by atoms with Crippen molar-refractivity contribution in [2.45, 2.75) is 33.0 Å². The summed E-state index contributed by atoms with van der Waals surface area (Å²) < 4.78 is 34.3. The Kier molecular flexibility index (Phi) is 7.84. The maximum atomic E-state index is 12.8. The molecule has 0 saturated carbocycles. The molecule has 0 aliphatic carbocycles. The first-order valence-corrected chi connectivity index (χ1v) is 6.96.